The van der Waals surface area contributed by atoms with Gasteiger partial charge in [-0.3, -0.25) is 0 Å². The van der Waals surface area contributed by atoms with Crippen LogP contribution in [0.1, 0.15) is 43.2 Å². The minimum absolute atomic E-state index is 0.501. The predicted octanol–water partition coefficient (Wildman–Crippen LogP) is 4.42. The Balaban J connectivity index is 2.10. The van der Waals surface area contributed by atoms with Crippen molar-refractivity contribution in [2.75, 3.05) is 27.2 Å². The molecule has 1 heterocycles. The van der Waals surface area contributed by atoms with E-state index in [0.717, 1.165) is 30.3 Å². The SMILES string of the molecule is COc1cc2c(cc1Cl)CCN(C)C[C@@H]2C1=C(C)CCC1. The summed E-state index contributed by atoms with van der Waals surface area (Å²) in [7, 11) is 3.92. The molecule has 0 aromatic heterocycles. The molecule has 2 aliphatic rings. The molecular weight excluding hydrogens is 282 g/mol. The molecule has 1 atom stereocenters. The van der Waals surface area contributed by atoms with Crippen molar-refractivity contribution < 1.29 is 4.74 Å². The van der Waals surface area contributed by atoms with Crippen LogP contribution in [0.2, 0.25) is 5.02 Å². The number of hydrogen-bond acceptors (Lipinski definition) is 2. The molecule has 2 nitrogen and oxygen atoms in total. The van der Waals surface area contributed by atoms with Crippen LogP contribution in [0.4, 0.5) is 0 Å². The van der Waals surface area contributed by atoms with Crippen LogP contribution in [-0.4, -0.2) is 32.1 Å². The highest BCUT2D eigenvalue weighted by Gasteiger charge is 2.28. The van der Waals surface area contributed by atoms with Crippen molar-refractivity contribution in [3.63, 3.8) is 0 Å². The first-order chi connectivity index (χ1) is 10.1. The van der Waals surface area contributed by atoms with Crippen LogP contribution >= 0.6 is 11.6 Å². The molecule has 0 saturated heterocycles. The van der Waals surface area contributed by atoms with Crippen LogP contribution in [0, 0.1) is 0 Å². The molecule has 0 unspecified atom stereocenters. The van der Waals surface area contributed by atoms with Gasteiger partial charge >= 0.3 is 0 Å². The second-order valence-corrected chi connectivity index (χ2v) is 6.82. The van der Waals surface area contributed by atoms with E-state index in [9.17, 15) is 0 Å². The van der Waals surface area contributed by atoms with Gasteiger partial charge in [-0.15, -0.1) is 0 Å². The summed E-state index contributed by atoms with van der Waals surface area (Å²) >= 11 is 6.34. The van der Waals surface area contributed by atoms with Crippen molar-refractivity contribution in [2.45, 2.75) is 38.5 Å². The molecule has 3 rings (SSSR count). The van der Waals surface area contributed by atoms with Crippen molar-refractivity contribution >= 4 is 11.6 Å². The van der Waals surface area contributed by atoms with Gasteiger partial charge in [-0.05, 0) is 62.9 Å². The van der Waals surface area contributed by atoms with E-state index in [1.807, 2.05) is 0 Å². The number of methoxy groups -OCH3 is 1. The second-order valence-electron chi connectivity index (χ2n) is 6.41. The summed E-state index contributed by atoms with van der Waals surface area (Å²) in [5.41, 5.74) is 6.06. The number of fused-ring (bicyclic) bond motifs is 1. The summed E-state index contributed by atoms with van der Waals surface area (Å²) in [6.45, 7) is 4.50. The summed E-state index contributed by atoms with van der Waals surface area (Å²) in [5.74, 6) is 1.31. The van der Waals surface area contributed by atoms with E-state index in [4.69, 9.17) is 16.3 Å². The molecule has 0 radical (unpaired) electrons. The van der Waals surface area contributed by atoms with Crippen LogP contribution in [0.5, 0.6) is 5.75 Å². The standard InChI is InChI=1S/C18H24ClNO/c1-12-5-4-6-14(12)16-11-20(2)8-7-13-9-17(19)18(21-3)10-15(13)16/h9-10,16H,4-8,11H2,1-3H3/t16-/m1/s1. The van der Waals surface area contributed by atoms with Crippen LogP contribution in [0.25, 0.3) is 0 Å². The van der Waals surface area contributed by atoms with Gasteiger partial charge in [0.1, 0.15) is 5.75 Å². The van der Waals surface area contributed by atoms with E-state index in [0.29, 0.717) is 5.92 Å². The summed E-state index contributed by atoms with van der Waals surface area (Å²) < 4.78 is 5.45. The highest BCUT2D eigenvalue weighted by molar-refractivity contribution is 6.32. The summed E-state index contributed by atoms with van der Waals surface area (Å²) in [4.78, 5) is 2.45. The summed E-state index contributed by atoms with van der Waals surface area (Å²) in [6, 6.07) is 4.30. The topological polar surface area (TPSA) is 12.5 Å². The summed E-state index contributed by atoms with van der Waals surface area (Å²) in [5, 5.41) is 0.733. The van der Waals surface area contributed by atoms with Crippen LogP contribution in [-0.2, 0) is 6.42 Å². The highest BCUT2D eigenvalue weighted by atomic mass is 35.5. The first-order valence-electron chi connectivity index (χ1n) is 7.83. The van der Waals surface area contributed by atoms with Crippen molar-refractivity contribution in [1.82, 2.24) is 4.90 Å². The Morgan fingerprint density at radius 3 is 2.71 bits per heavy atom. The Morgan fingerprint density at radius 1 is 1.24 bits per heavy atom. The molecule has 1 aliphatic heterocycles. The lowest BCUT2D eigenvalue weighted by Gasteiger charge is -2.24. The van der Waals surface area contributed by atoms with E-state index in [1.165, 1.54) is 30.4 Å². The number of rotatable bonds is 2. The largest absolute Gasteiger partial charge is 0.495 e. The maximum atomic E-state index is 6.34. The normalized spacial score (nSPS) is 23.1. The Hall–Kier alpha value is -0.990. The average Bonchev–Trinajstić information content (AvgIpc) is 2.82. The molecule has 1 aromatic carbocycles. The van der Waals surface area contributed by atoms with Gasteiger partial charge in [0, 0.05) is 19.0 Å². The quantitative estimate of drug-likeness (QED) is 0.750. The molecule has 0 N–H and O–H groups in total. The molecule has 0 fully saturated rings. The third kappa shape index (κ3) is 2.84. The van der Waals surface area contributed by atoms with Gasteiger partial charge in [-0.1, -0.05) is 22.7 Å². The monoisotopic (exact) mass is 305 g/mol. The second kappa shape index (κ2) is 6.02. The molecule has 1 aromatic rings. The summed E-state index contributed by atoms with van der Waals surface area (Å²) in [6.07, 6.45) is 4.88. The maximum absolute atomic E-state index is 6.34. The lowest BCUT2D eigenvalue weighted by Crippen LogP contribution is -2.24. The maximum Gasteiger partial charge on any atom is 0.137 e. The van der Waals surface area contributed by atoms with Gasteiger partial charge in [0.15, 0.2) is 0 Å². The van der Waals surface area contributed by atoms with Gasteiger partial charge in [0.25, 0.3) is 0 Å². The van der Waals surface area contributed by atoms with Crippen molar-refractivity contribution in [3.05, 3.63) is 39.4 Å². The molecule has 0 bridgehead atoms. The number of hydrogen-bond donors (Lipinski definition) is 0. The smallest absolute Gasteiger partial charge is 0.137 e. The van der Waals surface area contributed by atoms with E-state index < -0.39 is 0 Å². The minimum Gasteiger partial charge on any atom is -0.495 e. The number of allylic oxidation sites excluding steroid dienone is 1. The van der Waals surface area contributed by atoms with Crippen LogP contribution < -0.4 is 4.74 Å². The zero-order valence-corrected chi connectivity index (χ0v) is 14.0. The fourth-order valence-corrected chi connectivity index (χ4v) is 4.07. The molecular formula is C18H24ClNO. The fraction of sp³-hybridized carbons (Fsp3) is 0.556. The Labute approximate surface area is 132 Å². The Kier molecular flexibility index (Phi) is 4.28. The molecule has 3 heteroatoms. The third-order valence-electron chi connectivity index (χ3n) is 5.01. The molecule has 1 aliphatic carbocycles. The number of benzene rings is 1. The average molecular weight is 306 g/mol. The van der Waals surface area contributed by atoms with E-state index in [1.54, 1.807) is 18.3 Å². The van der Waals surface area contributed by atoms with Gasteiger partial charge in [0.05, 0.1) is 12.1 Å². The van der Waals surface area contributed by atoms with Gasteiger partial charge < -0.3 is 9.64 Å². The van der Waals surface area contributed by atoms with Crippen molar-refractivity contribution in [3.8, 4) is 5.75 Å². The number of ether oxygens (including phenoxy) is 1. The number of halogens is 1. The minimum atomic E-state index is 0.501. The van der Waals surface area contributed by atoms with Gasteiger partial charge in [-0.2, -0.15) is 0 Å². The Bertz CT molecular complexity index is 579. The first-order valence-corrected chi connectivity index (χ1v) is 8.21. The van der Waals surface area contributed by atoms with Crippen molar-refractivity contribution in [1.29, 1.82) is 0 Å². The lowest BCUT2D eigenvalue weighted by atomic mass is 9.86. The molecule has 114 valence electrons. The molecule has 21 heavy (non-hydrogen) atoms. The van der Waals surface area contributed by atoms with Crippen molar-refractivity contribution in [2.24, 2.45) is 0 Å². The van der Waals surface area contributed by atoms with Crippen LogP contribution in [0.15, 0.2) is 23.3 Å². The van der Waals surface area contributed by atoms with Gasteiger partial charge in [0.2, 0.25) is 0 Å². The van der Waals surface area contributed by atoms with Gasteiger partial charge in [-0.25, -0.2) is 0 Å². The number of nitrogens with zero attached hydrogens (tertiary/aromatic N) is 1. The molecule has 0 amide bonds. The van der Waals surface area contributed by atoms with E-state index in [-0.39, 0.29) is 0 Å². The first kappa shape index (κ1) is 14.9. The highest BCUT2D eigenvalue weighted by Crippen LogP contribution is 2.42. The number of likely N-dealkylation sites (N-methyl/N-ethyl adjacent to an activating group) is 1. The fourth-order valence-electron chi connectivity index (χ4n) is 3.81. The Morgan fingerprint density at radius 2 is 2.05 bits per heavy atom. The molecule has 0 spiro atoms. The van der Waals surface area contributed by atoms with E-state index in [2.05, 4.69) is 31.0 Å². The van der Waals surface area contributed by atoms with E-state index >= 15 is 0 Å². The van der Waals surface area contributed by atoms with Crippen LogP contribution in [0.3, 0.4) is 0 Å². The molecule has 0 saturated carbocycles. The lowest BCUT2D eigenvalue weighted by molar-refractivity contribution is 0.335. The zero-order valence-electron chi connectivity index (χ0n) is 13.2. The zero-order chi connectivity index (χ0) is 15.0. The predicted molar refractivity (Wildman–Crippen MR) is 88.5 cm³/mol. The third-order valence-corrected chi connectivity index (χ3v) is 5.31.